The zero-order chi connectivity index (χ0) is 22.9. The van der Waals surface area contributed by atoms with Crippen LogP contribution in [0.4, 0.5) is 4.79 Å². The van der Waals surface area contributed by atoms with Crippen molar-refractivity contribution in [3.8, 4) is 0 Å². The monoisotopic (exact) mass is 463 g/mol. The van der Waals surface area contributed by atoms with Crippen LogP contribution in [0.15, 0.2) is 16.7 Å². The number of nitrogens with zero attached hydrogens (tertiary/aromatic N) is 3. The number of amides is 1. The van der Waals surface area contributed by atoms with Gasteiger partial charge in [0.15, 0.2) is 6.29 Å². The molecule has 32 heavy (non-hydrogen) atoms. The average Bonchev–Trinajstić information content (AvgIpc) is 3.04. The lowest BCUT2D eigenvalue weighted by atomic mass is 9.75. The second-order valence-electron chi connectivity index (χ2n) is 9.97. The SMILES string of the molecule is CC(C)(C)[S@@+]([O-])/N=C1\c2cc(COC3CCCCO3)cnc2CC12CCN(C(=O)O)CC2. The molecule has 1 N–H and O–H groups in total. The first-order valence-corrected chi connectivity index (χ1v) is 12.5. The Morgan fingerprint density at radius 2 is 2.16 bits per heavy atom. The van der Waals surface area contributed by atoms with E-state index in [4.69, 9.17) is 18.9 Å². The van der Waals surface area contributed by atoms with Gasteiger partial charge in [-0.1, -0.05) is 4.40 Å². The normalized spacial score (nSPS) is 25.2. The number of hydrogen-bond acceptors (Lipinski definition) is 6. The Morgan fingerprint density at radius 1 is 1.41 bits per heavy atom. The Hall–Kier alpha value is -1.68. The Bertz CT molecular complexity index is 871. The number of ether oxygens (including phenoxy) is 2. The van der Waals surface area contributed by atoms with Crippen LogP contribution in [-0.2, 0) is 33.9 Å². The average molecular weight is 464 g/mol. The van der Waals surface area contributed by atoms with E-state index in [0.29, 0.717) is 39.0 Å². The number of aromatic nitrogens is 1. The summed E-state index contributed by atoms with van der Waals surface area (Å²) in [5.41, 5.74) is 3.29. The molecule has 0 saturated carbocycles. The van der Waals surface area contributed by atoms with Gasteiger partial charge in [-0.2, -0.15) is 0 Å². The van der Waals surface area contributed by atoms with Crippen LogP contribution < -0.4 is 0 Å². The third-order valence-corrected chi connectivity index (χ3v) is 7.95. The maximum Gasteiger partial charge on any atom is 0.407 e. The summed E-state index contributed by atoms with van der Waals surface area (Å²) in [4.78, 5) is 17.6. The van der Waals surface area contributed by atoms with Gasteiger partial charge in [0.25, 0.3) is 0 Å². The van der Waals surface area contributed by atoms with Crippen LogP contribution >= 0.6 is 0 Å². The summed E-state index contributed by atoms with van der Waals surface area (Å²) in [6.07, 6.45) is 5.85. The first-order valence-electron chi connectivity index (χ1n) is 11.4. The lowest BCUT2D eigenvalue weighted by Crippen LogP contribution is -2.45. The van der Waals surface area contributed by atoms with E-state index in [1.54, 1.807) is 0 Å². The van der Waals surface area contributed by atoms with Crippen molar-refractivity contribution >= 4 is 23.2 Å². The maximum atomic E-state index is 13.0. The molecule has 3 aliphatic rings. The van der Waals surface area contributed by atoms with Gasteiger partial charge in [-0.05, 0) is 64.5 Å². The third-order valence-electron chi connectivity index (χ3n) is 6.55. The molecule has 1 spiro atoms. The molecule has 2 fully saturated rings. The molecule has 176 valence electrons. The van der Waals surface area contributed by atoms with Crippen molar-refractivity contribution in [3.63, 3.8) is 0 Å². The zero-order valence-corrected chi connectivity index (χ0v) is 19.9. The fourth-order valence-corrected chi connectivity index (χ4v) is 5.32. The Balaban J connectivity index is 1.60. The molecule has 1 amide bonds. The number of carbonyl (C=O) groups is 1. The number of fused-ring (bicyclic) bond motifs is 1. The van der Waals surface area contributed by atoms with Gasteiger partial charge in [-0.15, -0.1) is 0 Å². The van der Waals surface area contributed by atoms with Gasteiger partial charge in [0.2, 0.25) is 0 Å². The molecule has 4 rings (SSSR count). The lowest BCUT2D eigenvalue weighted by molar-refractivity contribution is -0.168. The van der Waals surface area contributed by atoms with Crippen LogP contribution in [0, 0.1) is 5.41 Å². The molecule has 9 heteroatoms. The minimum atomic E-state index is -1.41. The topological polar surface area (TPSA) is 107 Å². The highest BCUT2D eigenvalue weighted by Gasteiger charge is 2.48. The summed E-state index contributed by atoms with van der Waals surface area (Å²) in [6, 6.07) is 2.06. The highest BCUT2D eigenvalue weighted by Crippen LogP contribution is 2.45. The van der Waals surface area contributed by atoms with E-state index in [-0.39, 0.29) is 11.7 Å². The molecule has 2 atom stereocenters. The predicted octanol–water partition coefficient (Wildman–Crippen LogP) is 3.69. The van der Waals surface area contributed by atoms with E-state index >= 15 is 0 Å². The molecule has 0 aromatic carbocycles. The largest absolute Gasteiger partial charge is 0.591 e. The molecule has 2 aliphatic heterocycles. The van der Waals surface area contributed by atoms with Crippen molar-refractivity contribution in [2.75, 3.05) is 19.7 Å². The predicted molar refractivity (Wildman–Crippen MR) is 122 cm³/mol. The van der Waals surface area contributed by atoms with Crippen LogP contribution in [0.5, 0.6) is 0 Å². The number of pyridine rings is 1. The van der Waals surface area contributed by atoms with E-state index in [0.717, 1.165) is 48.4 Å². The van der Waals surface area contributed by atoms with Crippen molar-refractivity contribution < 1.29 is 23.9 Å². The molecule has 2 saturated heterocycles. The molecule has 0 bridgehead atoms. The van der Waals surface area contributed by atoms with Gasteiger partial charge >= 0.3 is 6.09 Å². The van der Waals surface area contributed by atoms with Crippen LogP contribution in [0.3, 0.4) is 0 Å². The molecule has 1 aromatic heterocycles. The van der Waals surface area contributed by atoms with Gasteiger partial charge in [0.1, 0.15) is 21.8 Å². The molecule has 1 unspecified atom stereocenters. The smallest absolute Gasteiger partial charge is 0.407 e. The summed E-state index contributed by atoms with van der Waals surface area (Å²) >= 11 is -1.41. The fourth-order valence-electron chi connectivity index (χ4n) is 4.59. The van der Waals surface area contributed by atoms with E-state index in [1.165, 1.54) is 4.90 Å². The van der Waals surface area contributed by atoms with Gasteiger partial charge in [-0.25, -0.2) is 4.79 Å². The summed E-state index contributed by atoms with van der Waals surface area (Å²) in [5, 5.41) is 9.37. The van der Waals surface area contributed by atoms with E-state index < -0.39 is 22.2 Å². The molecule has 0 radical (unpaired) electrons. The van der Waals surface area contributed by atoms with Gasteiger partial charge in [0, 0.05) is 43.3 Å². The van der Waals surface area contributed by atoms with Crippen LogP contribution in [0.25, 0.3) is 0 Å². The zero-order valence-electron chi connectivity index (χ0n) is 19.1. The second kappa shape index (κ2) is 9.29. The first kappa shape index (κ1) is 23.5. The Kier molecular flexibility index (Phi) is 6.81. The highest BCUT2D eigenvalue weighted by molar-refractivity contribution is 7.91. The first-order chi connectivity index (χ1) is 15.2. The minimum absolute atomic E-state index is 0.176. The van der Waals surface area contributed by atoms with Crippen molar-refractivity contribution in [1.82, 2.24) is 9.88 Å². The Labute approximate surface area is 192 Å². The number of carboxylic acid groups (broad SMARTS) is 1. The minimum Gasteiger partial charge on any atom is -0.591 e. The van der Waals surface area contributed by atoms with Gasteiger partial charge < -0.3 is 24.0 Å². The van der Waals surface area contributed by atoms with E-state index in [9.17, 15) is 14.5 Å². The van der Waals surface area contributed by atoms with E-state index in [1.807, 2.05) is 27.0 Å². The lowest BCUT2D eigenvalue weighted by Gasteiger charge is -2.38. The van der Waals surface area contributed by atoms with Crippen molar-refractivity contribution in [1.29, 1.82) is 0 Å². The molecular weight excluding hydrogens is 430 g/mol. The highest BCUT2D eigenvalue weighted by atomic mass is 32.2. The number of piperidine rings is 1. The van der Waals surface area contributed by atoms with Crippen molar-refractivity contribution in [2.45, 2.75) is 76.9 Å². The van der Waals surface area contributed by atoms with E-state index in [2.05, 4.69) is 6.07 Å². The summed E-state index contributed by atoms with van der Waals surface area (Å²) in [5.74, 6) is 0. The number of rotatable bonds is 4. The molecule has 3 heterocycles. The molecule has 1 aliphatic carbocycles. The van der Waals surface area contributed by atoms with Crippen molar-refractivity contribution in [2.24, 2.45) is 9.81 Å². The summed E-state index contributed by atoms with van der Waals surface area (Å²) in [6.45, 7) is 7.76. The van der Waals surface area contributed by atoms with Crippen molar-refractivity contribution in [3.05, 3.63) is 29.1 Å². The molecule has 1 aromatic rings. The second-order valence-corrected chi connectivity index (χ2v) is 11.9. The molecule has 8 nitrogen and oxygen atoms in total. The van der Waals surface area contributed by atoms with Crippen LogP contribution in [0.2, 0.25) is 0 Å². The molecular formula is C23H33N3O5S. The maximum absolute atomic E-state index is 13.0. The van der Waals surface area contributed by atoms with Crippen LogP contribution in [0.1, 0.15) is 69.7 Å². The quantitative estimate of drug-likeness (QED) is 0.683. The number of hydrogen-bond donors (Lipinski definition) is 1. The number of likely N-dealkylation sites (tertiary alicyclic amines) is 1. The summed E-state index contributed by atoms with van der Waals surface area (Å²) < 4.78 is 28.9. The van der Waals surface area contributed by atoms with Gasteiger partial charge in [0.05, 0.1) is 12.3 Å². The standard InChI is InChI=1S/C23H33N3O5S/c1-22(2,3)32(29)25-20-17-12-16(15-31-19-6-4-5-11-30-19)14-24-18(17)13-23(20)7-9-26(10-8-23)21(27)28/h12,14,19H,4-11,13,15H2,1-3H3,(H,27,28)/b25-20+/t19?,32-/m1/s1. The van der Waals surface area contributed by atoms with Crippen LogP contribution in [-0.4, -0.2) is 62.1 Å². The van der Waals surface area contributed by atoms with Gasteiger partial charge in [-0.3, -0.25) is 4.98 Å². The fraction of sp³-hybridized carbons (Fsp3) is 0.696. The summed E-state index contributed by atoms with van der Waals surface area (Å²) in [7, 11) is 0. The Morgan fingerprint density at radius 3 is 2.78 bits per heavy atom. The third kappa shape index (κ3) is 4.95.